The van der Waals surface area contributed by atoms with Gasteiger partial charge in [-0.3, -0.25) is 0 Å². The zero-order valence-electron chi connectivity index (χ0n) is 6.92. The van der Waals surface area contributed by atoms with E-state index in [-0.39, 0.29) is 4.60 Å². The number of nitrogens with zero attached hydrogens (tertiary/aromatic N) is 1. The monoisotopic (exact) mass is 304 g/mol. The molecule has 0 aliphatic carbocycles. The summed E-state index contributed by atoms with van der Waals surface area (Å²) in [6.07, 6.45) is -3.31. The molecular weight excluding hydrogens is 301 g/mol. The van der Waals surface area contributed by atoms with Gasteiger partial charge in [0.05, 0.1) is 10.5 Å². The van der Waals surface area contributed by atoms with Crippen molar-refractivity contribution in [2.45, 2.75) is 11.3 Å². The molecule has 9 heteroatoms. The van der Waals surface area contributed by atoms with Crippen LogP contribution in [0.15, 0.2) is 15.6 Å². The lowest BCUT2D eigenvalue weighted by Crippen LogP contribution is -2.16. The van der Waals surface area contributed by atoms with Crippen LogP contribution in [0.1, 0.15) is 12.0 Å². The molecule has 0 bridgehead atoms. The van der Waals surface area contributed by atoms with Gasteiger partial charge in [-0.25, -0.2) is 27.3 Å². The van der Waals surface area contributed by atoms with Gasteiger partial charge in [0.15, 0.2) is 0 Å². The van der Waals surface area contributed by atoms with E-state index >= 15 is 0 Å². The molecule has 0 unspecified atom stereocenters. The fourth-order valence-electron chi connectivity index (χ4n) is 0.907. The molecule has 1 aromatic heterocycles. The van der Waals surface area contributed by atoms with Gasteiger partial charge < -0.3 is 0 Å². The Kier molecular flexibility index (Phi) is 3.36. The van der Waals surface area contributed by atoms with Crippen molar-refractivity contribution in [2.75, 3.05) is 0 Å². The molecule has 2 N–H and O–H groups in total. The van der Waals surface area contributed by atoms with E-state index in [2.05, 4.69) is 26.1 Å². The topological polar surface area (TPSA) is 73.1 Å². The highest BCUT2D eigenvalue weighted by Crippen LogP contribution is 2.29. The van der Waals surface area contributed by atoms with Gasteiger partial charge in [-0.15, -0.1) is 0 Å². The van der Waals surface area contributed by atoms with Crippen molar-refractivity contribution in [3.8, 4) is 0 Å². The number of hydrogen-bond acceptors (Lipinski definition) is 3. The van der Waals surface area contributed by atoms with Crippen LogP contribution >= 0.6 is 15.9 Å². The number of rotatable bonds is 2. The maximum Gasteiger partial charge on any atom is 0.269 e. The van der Waals surface area contributed by atoms with Crippen molar-refractivity contribution >= 4 is 26.0 Å². The average Bonchev–Trinajstić information content (AvgIpc) is 1.99. The molecule has 0 radical (unpaired) electrons. The first kappa shape index (κ1) is 12.4. The Balaban J connectivity index is 3.62. The summed E-state index contributed by atoms with van der Waals surface area (Å²) in [6, 6.07) is 0.722. The predicted molar refractivity (Wildman–Crippen MR) is 48.2 cm³/mol. The molecule has 0 saturated heterocycles. The predicted octanol–water partition coefficient (Wildman–Crippen LogP) is 1.57. The first-order valence-corrected chi connectivity index (χ1v) is 5.74. The summed E-state index contributed by atoms with van der Waals surface area (Å²) in [5, 5.41) is 4.66. The summed E-state index contributed by atoms with van der Waals surface area (Å²) in [6.45, 7) is 0. The van der Waals surface area contributed by atoms with Crippen LogP contribution in [0.2, 0.25) is 0 Å². The zero-order chi connectivity index (χ0) is 11.8. The van der Waals surface area contributed by atoms with Crippen LogP contribution in [-0.2, 0) is 10.0 Å². The lowest BCUT2D eigenvalue weighted by molar-refractivity contribution is 0.141. The maximum atomic E-state index is 13.0. The van der Waals surface area contributed by atoms with E-state index in [1.807, 2.05) is 0 Å². The number of hydrogen-bond donors (Lipinski definition) is 1. The molecule has 0 aliphatic heterocycles. The normalized spacial score (nSPS) is 12.1. The molecule has 0 spiro atoms. The van der Waals surface area contributed by atoms with E-state index in [1.165, 1.54) is 0 Å². The van der Waals surface area contributed by atoms with Gasteiger partial charge in [0, 0.05) is 0 Å². The SMILES string of the molecule is NS(=O)(=O)c1cc(Br)nc(F)c1C(F)F. The van der Waals surface area contributed by atoms with Crippen molar-refractivity contribution in [3.05, 3.63) is 22.2 Å². The van der Waals surface area contributed by atoms with E-state index in [0.717, 1.165) is 6.07 Å². The summed E-state index contributed by atoms with van der Waals surface area (Å²) < 4.78 is 59.2. The van der Waals surface area contributed by atoms with E-state index in [4.69, 9.17) is 0 Å². The van der Waals surface area contributed by atoms with Gasteiger partial charge in [0.25, 0.3) is 6.43 Å². The molecule has 1 heterocycles. The Labute approximate surface area is 91.5 Å². The van der Waals surface area contributed by atoms with E-state index in [0.29, 0.717) is 0 Å². The maximum absolute atomic E-state index is 13.0. The molecule has 0 aliphatic rings. The minimum atomic E-state index is -4.41. The number of halogens is 4. The second-order valence-corrected chi connectivity index (χ2v) is 4.84. The van der Waals surface area contributed by atoms with E-state index < -0.39 is 32.9 Å². The van der Waals surface area contributed by atoms with Crippen LogP contribution in [-0.4, -0.2) is 13.4 Å². The summed E-state index contributed by atoms with van der Waals surface area (Å²) >= 11 is 2.67. The van der Waals surface area contributed by atoms with Crippen molar-refractivity contribution < 1.29 is 21.6 Å². The number of aromatic nitrogens is 1. The summed E-state index contributed by atoms with van der Waals surface area (Å²) in [5.74, 6) is -1.57. The highest BCUT2D eigenvalue weighted by Gasteiger charge is 2.26. The van der Waals surface area contributed by atoms with Crippen LogP contribution in [0.5, 0.6) is 0 Å². The third-order valence-corrected chi connectivity index (χ3v) is 2.82. The number of primary sulfonamides is 1. The molecule has 15 heavy (non-hydrogen) atoms. The van der Waals surface area contributed by atoms with Crippen LogP contribution < -0.4 is 5.14 Å². The average molecular weight is 305 g/mol. The molecule has 84 valence electrons. The van der Waals surface area contributed by atoms with Crippen molar-refractivity contribution in [1.82, 2.24) is 4.98 Å². The Morgan fingerprint density at radius 3 is 2.40 bits per heavy atom. The fourth-order valence-corrected chi connectivity index (χ4v) is 2.20. The largest absolute Gasteiger partial charge is 0.269 e. The number of nitrogens with two attached hydrogens (primary N) is 1. The minimum Gasteiger partial charge on any atom is -0.225 e. The Hall–Kier alpha value is -0.670. The summed E-state index contributed by atoms with van der Waals surface area (Å²) in [7, 11) is -4.41. The number of alkyl halides is 2. The Bertz CT molecular complexity index is 491. The number of pyridine rings is 1. The van der Waals surface area contributed by atoms with Crippen LogP contribution in [0.4, 0.5) is 13.2 Å². The lowest BCUT2D eigenvalue weighted by Gasteiger charge is -2.07. The second-order valence-electron chi connectivity index (χ2n) is 2.49. The minimum absolute atomic E-state index is 0.228. The van der Waals surface area contributed by atoms with Gasteiger partial charge in [0.1, 0.15) is 4.60 Å². The number of sulfonamides is 1. The van der Waals surface area contributed by atoms with Gasteiger partial charge in [-0.1, -0.05) is 0 Å². The smallest absolute Gasteiger partial charge is 0.225 e. The first-order valence-electron chi connectivity index (χ1n) is 3.40. The van der Waals surface area contributed by atoms with E-state index in [9.17, 15) is 21.6 Å². The van der Waals surface area contributed by atoms with Crippen LogP contribution in [0.3, 0.4) is 0 Å². The zero-order valence-corrected chi connectivity index (χ0v) is 9.32. The molecule has 0 amide bonds. The van der Waals surface area contributed by atoms with Crippen molar-refractivity contribution in [1.29, 1.82) is 0 Å². The van der Waals surface area contributed by atoms with Crippen molar-refractivity contribution in [3.63, 3.8) is 0 Å². The highest BCUT2D eigenvalue weighted by atomic mass is 79.9. The highest BCUT2D eigenvalue weighted by molar-refractivity contribution is 9.10. The molecule has 0 saturated carbocycles. The van der Waals surface area contributed by atoms with Gasteiger partial charge in [-0.2, -0.15) is 4.39 Å². The fraction of sp³-hybridized carbons (Fsp3) is 0.167. The molecule has 4 nitrogen and oxygen atoms in total. The first-order chi connectivity index (χ1) is 6.73. The molecule has 0 fully saturated rings. The van der Waals surface area contributed by atoms with Crippen LogP contribution in [0.25, 0.3) is 0 Å². The standard InChI is InChI=1S/C6H4BrF3N2O2S/c7-3-1-2(15(11,13)14)4(5(8)9)6(10)12-3/h1,5H,(H2,11,13,14). The van der Waals surface area contributed by atoms with Gasteiger partial charge in [0.2, 0.25) is 16.0 Å². The Morgan fingerprint density at radius 2 is 2.00 bits per heavy atom. The summed E-state index contributed by atoms with van der Waals surface area (Å²) in [5.41, 5.74) is -1.32. The Morgan fingerprint density at radius 1 is 1.47 bits per heavy atom. The molecule has 1 rings (SSSR count). The van der Waals surface area contributed by atoms with Gasteiger partial charge in [-0.05, 0) is 22.0 Å². The van der Waals surface area contributed by atoms with Crippen molar-refractivity contribution in [2.24, 2.45) is 5.14 Å². The molecular formula is C6H4BrF3N2O2S. The second kappa shape index (κ2) is 4.06. The molecule has 0 atom stereocenters. The summed E-state index contributed by atoms with van der Waals surface area (Å²) in [4.78, 5) is 2.04. The lowest BCUT2D eigenvalue weighted by atomic mass is 10.3. The van der Waals surface area contributed by atoms with E-state index in [1.54, 1.807) is 0 Å². The molecule has 1 aromatic rings. The third kappa shape index (κ3) is 2.67. The quantitative estimate of drug-likeness (QED) is 0.843. The third-order valence-electron chi connectivity index (χ3n) is 1.47. The van der Waals surface area contributed by atoms with Gasteiger partial charge >= 0.3 is 0 Å². The van der Waals surface area contributed by atoms with Crippen LogP contribution in [0, 0.1) is 5.95 Å². The molecule has 0 aromatic carbocycles.